The summed E-state index contributed by atoms with van der Waals surface area (Å²) >= 11 is 0. The van der Waals surface area contributed by atoms with Gasteiger partial charge in [-0.25, -0.2) is 10.2 Å². The summed E-state index contributed by atoms with van der Waals surface area (Å²) < 4.78 is 15.1. The molecule has 30 heavy (non-hydrogen) atoms. The molecule has 0 atom stereocenters. The Bertz CT molecular complexity index is 925. The fraction of sp³-hybridized carbons (Fsp3) is 0.238. The van der Waals surface area contributed by atoms with Crippen LogP contribution in [-0.2, 0) is 14.3 Å². The van der Waals surface area contributed by atoms with Crippen LogP contribution in [-0.4, -0.2) is 44.3 Å². The number of benzene rings is 2. The van der Waals surface area contributed by atoms with Gasteiger partial charge in [-0.1, -0.05) is 12.1 Å². The average molecular weight is 413 g/mol. The second kappa shape index (κ2) is 11.2. The van der Waals surface area contributed by atoms with Gasteiger partial charge < -0.3 is 19.5 Å². The highest BCUT2D eigenvalue weighted by Crippen LogP contribution is 2.17. The van der Waals surface area contributed by atoms with E-state index in [0.29, 0.717) is 22.9 Å². The molecule has 0 aliphatic heterocycles. The third-order valence-electron chi connectivity index (χ3n) is 3.82. The normalized spacial score (nSPS) is 10.7. The number of hydrogen-bond donors (Lipinski definition) is 2. The molecule has 0 aromatic heterocycles. The van der Waals surface area contributed by atoms with Gasteiger partial charge in [-0.05, 0) is 43.3 Å². The van der Waals surface area contributed by atoms with E-state index >= 15 is 0 Å². The van der Waals surface area contributed by atoms with Crippen molar-refractivity contribution in [2.24, 2.45) is 5.10 Å². The molecule has 0 aliphatic carbocycles. The minimum atomic E-state index is -0.555. The number of hydrazone groups is 1. The first-order chi connectivity index (χ1) is 14.4. The molecule has 2 aromatic carbocycles. The number of esters is 1. The highest BCUT2D eigenvalue weighted by Gasteiger charge is 2.13. The fourth-order valence-corrected chi connectivity index (χ4v) is 2.36. The zero-order valence-electron chi connectivity index (χ0n) is 16.9. The van der Waals surface area contributed by atoms with E-state index in [1.54, 1.807) is 62.6 Å². The zero-order chi connectivity index (χ0) is 21.9. The summed E-state index contributed by atoms with van der Waals surface area (Å²) in [4.78, 5) is 35.8. The van der Waals surface area contributed by atoms with E-state index in [1.807, 2.05) is 0 Å². The van der Waals surface area contributed by atoms with Crippen LogP contribution in [0.1, 0.15) is 23.7 Å². The first-order valence-electron chi connectivity index (χ1n) is 8.99. The summed E-state index contributed by atoms with van der Waals surface area (Å²) in [6, 6.07) is 13.3. The standard InChI is InChI=1S/C21H23N3O6/c1-14(12-19(25)22-18-7-5-4-6-17(18)21(27)29-3)23-24-20(26)13-30-16-10-8-15(28-2)9-11-16/h4-11H,12-13H2,1-3H3,(H,22,25)(H,24,26)/b23-14+. The van der Waals surface area contributed by atoms with Crippen molar-refractivity contribution in [1.29, 1.82) is 0 Å². The molecule has 0 radical (unpaired) electrons. The van der Waals surface area contributed by atoms with E-state index < -0.39 is 17.8 Å². The molecule has 0 unspecified atom stereocenters. The first-order valence-corrected chi connectivity index (χ1v) is 8.99. The van der Waals surface area contributed by atoms with Crippen LogP contribution >= 0.6 is 0 Å². The Balaban J connectivity index is 1.82. The predicted molar refractivity (Wildman–Crippen MR) is 111 cm³/mol. The number of para-hydroxylation sites is 1. The summed E-state index contributed by atoms with van der Waals surface area (Å²) in [5.41, 5.74) is 3.28. The maximum absolute atomic E-state index is 12.2. The quantitative estimate of drug-likeness (QED) is 0.371. The lowest BCUT2D eigenvalue weighted by molar-refractivity contribution is -0.123. The van der Waals surface area contributed by atoms with Crippen molar-refractivity contribution in [1.82, 2.24) is 5.43 Å². The summed E-state index contributed by atoms with van der Waals surface area (Å²) in [6.45, 7) is 1.36. The van der Waals surface area contributed by atoms with Crippen LogP contribution in [0, 0.1) is 0 Å². The highest BCUT2D eigenvalue weighted by atomic mass is 16.5. The summed E-state index contributed by atoms with van der Waals surface area (Å²) in [7, 11) is 2.82. The molecule has 0 bridgehead atoms. The van der Waals surface area contributed by atoms with Gasteiger partial charge in [-0.15, -0.1) is 0 Å². The number of carbonyl (C=O) groups excluding carboxylic acids is 3. The SMILES string of the molecule is COC(=O)c1ccccc1NC(=O)C/C(C)=N/NC(=O)COc1ccc(OC)cc1. The molecule has 2 aromatic rings. The smallest absolute Gasteiger partial charge is 0.339 e. The zero-order valence-corrected chi connectivity index (χ0v) is 16.9. The first kappa shape index (κ1) is 22.4. The van der Waals surface area contributed by atoms with Gasteiger partial charge in [0.05, 0.1) is 31.9 Å². The third-order valence-corrected chi connectivity index (χ3v) is 3.82. The molecule has 0 fully saturated rings. The van der Waals surface area contributed by atoms with Gasteiger partial charge in [0.25, 0.3) is 5.91 Å². The van der Waals surface area contributed by atoms with Gasteiger partial charge in [0, 0.05) is 5.71 Å². The van der Waals surface area contributed by atoms with Crippen LogP contribution < -0.4 is 20.2 Å². The number of nitrogens with zero attached hydrogens (tertiary/aromatic N) is 1. The Morgan fingerprint density at radius 2 is 1.60 bits per heavy atom. The predicted octanol–water partition coefficient (Wildman–Crippen LogP) is 2.38. The summed E-state index contributed by atoms with van der Waals surface area (Å²) in [5.74, 6) is -0.229. The number of amides is 2. The molecule has 0 saturated heterocycles. The van der Waals surface area contributed by atoms with Crippen LogP contribution in [0.3, 0.4) is 0 Å². The Morgan fingerprint density at radius 1 is 0.933 bits per heavy atom. The van der Waals surface area contributed by atoms with Crippen molar-refractivity contribution in [2.45, 2.75) is 13.3 Å². The lowest BCUT2D eigenvalue weighted by Crippen LogP contribution is -2.26. The maximum atomic E-state index is 12.2. The Kier molecular flexibility index (Phi) is 8.37. The van der Waals surface area contributed by atoms with Crippen LogP contribution in [0.4, 0.5) is 5.69 Å². The molecule has 0 aliphatic rings. The highest BCUT2D eigenvalue weighted by molar-refractivity contribution is 6.08. The minimum Gasteiger partial charge on any atom is -0.497 e. The van der Waals surface area contributed by atoms with E-state index in [0.717, 1.165) is 0 Å². The van der Waals surface area contributed by atoms with E-state index in [-0.39, 0.29) is 18.6 Å². The molecule has 158 valence electrons. The summed E-state index contributed by atoms with van der Waals surface area (Å²) in [5, 5.41) is 6.52. The molecule has 0 spiro atoms. The van der Waals surface area contributed by atoms with Gasteiger partial charge >= 0.3 is 5.97 Å². The lowest BCUT2D eigenvalue weighted by Gasteiger charge is -2.09. The number of ether oxygens (including phenoxy) is 3. The number of rotatable bonds is 9. The molecule has 2 N–H and O–H groups in total. The molecule has 9 nitrogen and oxygen atoms in total. The van der Waals surface area contributed by atoms with Crippen molar-refractivity contribution in [3.8, 4) is 11.5 Å². The third kappa shape index (κ3) is 6.93. The Morgan fingerprint density at radius 3 is 2.27 bits per heavy atom. The van der Waals surface area contributed by atoms with Crippen LogP contribution in [0.5, 0.6) is 11.5 Å². The fourth-order valence-electron chi connectivity index (χ4n) is 2.36. The second-order valence-corrected chi connectivity index (χ2v) is 6.11. The van der Waals surface area contributed by atoms with Crippen molar-refractivity contribution < 1.29 is 28.6 Å². The van der Waals surface area contributed by atoms with E-state index in [9.17, 15) is 14.4 Å². The number of methoxy groups -OCH3 is 2. The van der Waals surface area contributed by atoms with E-state index in [4.69, 9.17) is 14.2 Å². The molecule has 2 rings (SSSR count). The van der Waals surface area contributed by atoms with Crippen molar-refractivity contribution in [2.75, 3.05) is 26.1 Å². The van der Waals surface area contributed by atoms with Crippen LogP contribution in [0.2, 0.25) is 0 Å². The van der Waals surface area contributed by atoms with E-state index in [2.05, 4.69) is 15.8 Å². The van der Waals surface area contributed by atoms with E-state index in [1.165, 1.54) is 7.11 Å². The van der Waals surface area contributed by atoms with Crippen molar-refractivity contribution in [3.63, 3.8) is 0 Å². The summed E-state index contributed by atoms with van der Waals surface area (Å²) in [6.07, 6.45) is -0.0743. The molecular formula is C21H23N3O6. The molecule has 9 heteroatoms. The molecule has 0 saturated carbocycles. The maximum Gasteiger partial charge on any atom is 0.339 e. The van der Waals surface area contributed by atoms with Gasteiger partial charge in [-0.2, -0.15) is 5.10 Å². The van der Waals surface area contributed by atoms with Crippen molar-refractivity contribution in [3.05, 3.63) is 54.1 Å². The van der Waals surface area contributed by atoms with Gasteiger partial charge in [-0.3, -0.25) is 9.59 Å². The van der Waals surface area contributed by atoms with Gasteiger partial charge in [0.1, 0.15) is 11.5 Å². The Hall–Kier alpha value is -3.88. The second-order valence-electron chi connectivity index (χ2n) is 6.11. The number of hydrogen-bond acceptors (Lipinski definition) is 7. The number of nitrogens with one attached hydrogen (secondary N) is 2. The Labute approximate surface area is 174 Å². The molecule has 0 heterocycles. The van der Waals surface area contributed by atoms with Gasteiger partial charge in [0.15, 0.2) is 6.61 Å². The topological polar surface area (TPSA) is 115 Å². The largest absolute Gasteiger partial charge is 0.497 e. The van der Waals surface area contributed by atoms with Crippen molar-refractivity contribution >= 4 is 29.2 Å². The molecular weight excluding hydrogens is 390 g/mol. The average Bonchev–Trinajstić information content (AvgIpc) is 2.76. The number of carbonyl (C=O) groups is 3. The number of anilines is 1. The van der Waals surface area contributed by atoms with Gasteiger partial charge in [0.2, 0.25) is 5.91 Å². The minimum absolute atomic E-state index is 0.0743. The van der Waals surface area contributed by atoms with Crippen LogP contribution in [0.15, 0.2) is 53.6 Å². The monoisotopic (exact) mass is 413 g/mol. The van der Waals surface area contributed by atoms with Crippen LogP contribution in [0.25, 0.3) is 0 Å². The molecule has 2 amide bonds. The lowest BCUT2D eigenvalue weighted by atomic mass is 10.1.